The number of aromatic nitrogens is 1. The number of amidine groups is 1. The summed E-state index contributed by atoms with van der Waals surface area (Å²) in [6, 6.07) is 7.14. The Kier molecular flexibility index (Phi) is 12.5. The van der Waals surface area contributed by atoms with Gasteiger partial charge in [0.2, 0.25) is 0 Å². The summed E-state index contributed by atoms with van der Waals surface area (Å²) in [6.45, 7) is 6.32. The molecule has 15 nitrogen and oxygen atoms in total. The topological polar surface area (TPSA) is 210 Å². The standard InChI is InChI=1S/C24H31N7O8S2.CH4.H2S/c1-24(2)17(22(33)31(24)39-41(34,35)36)13-19(32)20(18-14-40-23(26)28-18)29-38-12-11-37-16-5-3-15(4-6-16)21(25)30-9-7-27-8-10-30;;/h3-6,14,17,25,27H,7-13H2,1-2H3,(H2,26,28)(H,34,35,36);1H4;1H2/b25-21?,29-20-;;. The van der Waals surface area contributed by atoms with Crippen molar-refractivity contribution in [3.8, 4) is 5.75 Å². The quantitative estimate of drug-likeness (QED) is 0.0637. The number of Topliss-reactive ketones (excluding diaryl/α,β-unsaturated/α-hetero) is 1. The summed E-state index contributed by atoms with van der Waals surface area (Å²) < 4.78 is 41.0. The summed E-state index contributed by atoms with van der Waals surface area (Å²) in [5.41, 5.74) is 5.29. The molecule has 0 aliphatic carbocycles. The van der Waals surface area contributed by atoms with Crippen molar-refractivity contribution in [2.24, 2.45) is 11.1 Å². The Morgan fingerprint density at radius 2 is 1.91 bits per heavy atom. The number of nitrogens with one attached hydrogen (secondary N) is 2. The second kappa shape index (κ2) is 14.9. The number of nitrogens with two attached hydrogens (primary N) is 1. The third-order valence-electron chi connectivity index (χ3n) is 6.62. The normalized spacial score (nSPS) is 18.2. The molecule has 2 aliphatic heterocycles. The third kappa shape index (κ3) is 8.87. The van der Waals surface area contributed by atoms with Crippen molar-refractivity contribution in [3.05, 3.63) is 40.9 Å². The van der Waals surface area contributed by atoms with E-state index in [0.717, 1.165) is 43.1 Å². The van der Waals surface area contributed by atoms with Crippen LogP contribution in [0.15, 0.2) is 34.8 Å². The second-order valence-corrected chi connectivity index (χ2v) is 11.7. The van der Waals surface area contributed by atoms with Crippen LogP contribution in [0.1, 0.15) is 39.0 Å². The van der Waals surface area contributed by atoms with Crippen molar-refractivity contribution in [2.45, 2.75) is 33.2 Å². The van der Waals surface area contributed by atoms with Gasteiger partial charge in [0.1, 0.15) is 23.9 Å². The van der Waals surface area contributed by atoms with Crippen LogP contribution in [0.25, 0.3) is 0 Å². The van der Waals surface area contributed by atoms with Gasteiger partial charge in [-0.1, -0.05) is 12.6 Å². The molecule has 5 N–H and O–H groups in total. The number of oxime groups is 1. The fourth-order valence-electron chi connectivity index (χ4n) is 4.37. The van der Waals surface area contributed by atoms with E-state index in [1.807, 2.05) is 17.0 Å². The maximum absolute atomic E-state index is 13.1. The fraction of sp³-hybridized carbons (Fsp3) is 0.480. The number of thiazole rings is 1. The number of hydrogen-bond acceptors (Lipinski definition) is 13. The van der Waals surface area contributed by atoms with E-state index in [4.69, 9.17) is 25.3 Å². The number of hydrogen-bond donors (Lipinski definition) is 4. The zero-order chi connectivity index (χ0) is 29.8. The molecule has 18 heteroatoms. The average Bonchev–Trinajstić information content (AvgIpc) is 3.37. The van der Waals surface area contributed by atoms with Gasteiger partial charge in [-0.3, -0.25) is 19.6 Å². The Morgan fingerprint density at radius 1 is 1.26 bits per heavy atom. The first-order valence-corrected chi connectivity index (χ1v) is 14.8. The highest BCUT2D eigenvalue weighted by Crippen LogP contribution is 2.40. The SMILES string of the molecule is C.CC1(C)C(CC(=O)/C(=N\OCCOc2ccc(C(=N)N3CCNCC3)cc2)c2csc(N)n2)C(=O)N1OS(=O)(=O)O.S. The molecule has 4 rings (SSSR count). The van der Waals surface area contributed by atoms with Crippen LogP contribution >= 0.6 is 24.8 Å². The number of hydroxylamine groups is 2. The van der Waals surface area contributed by atoms with E-state index in [-0.39, 0.29) is 57.1 Å². The lowest BCUT2D eigenvalue weighted by atomic mass is 9.74. The first-order chi connectivity index (χ1) is 19.4. The van der Waals surface area contributed by atoms with Crippen LogP contribution in [0.3, 0.4) is 0 Å². The predicted molar refractivity (Wildman–Crippen MR) is 166 cm³/mol. The lowest BCUT2D eigenvalue weighted by Gasteiger charge is -2.50. The number of benzene rings is 1. The molecule has 1 aromatic carbocycles. The second-order valence-electron chi connectivity index (χ2n) is 9.77. The van der Waals surface area contributed by atoms with E-state index in [1.54, 1.807) is 12.1 Å². The van der Waals surface area contributed by atoms with Crippen molar-refractivity contribution in [3.63, 3.8) is 0 Å². The van der Waals surface area contributed by atoms with Gasteiger partial charge < -0.3 is 25.5 Å². The van der Waals surface area contributed by atoms with E-state index < -0.39 is 33.5 Å². The van der Waals surface area contributed by atoms with Gasteiger partial charge in [-0.15, -0.1) is 15.6 Å². The van der Waals surface area contributed by atoms with Crippen LogP contribution in [-0.2, 0) is 29.1 Å². The average molecular weight is 660 g/mol. The number of anilines is 1. The number of nitrogen functional groups attached to an aromatic ring is 1. The zero-order valence-corrected chi connectivity index (χ0v) is 25.5. The van der Waals surface area contributed by atoms with Crippen LogP contribution in [-0.4, -0.2) is 96.1 Å². The number of rotatable bonds is 12. The highest BCUT2D eigenvalue weighted by Gasteiger charge is 2.57. The summed E-state index contributed by atoms with van der Waals surface area (Å²) in [5.74, 6) is -1.29. The molecule has 0 spiro atoms. The van der Waals surface area contributed by atoms with Crippen molar-refractivity contribution >= 4 is 63.6 Å². The molecule has 1 amide bonds. The zero-order valence-electron chi connectivity index (χ0n) is 22.9. The molecule has 2 aliphatic rings. The Morgan fingerprint density at radius 3 is 2.47 bits per heavy atom. The number of piperazine rings is 1. The van der Waals surface area contributed by atoms with Crippen LogP contribution in [0.4, 0.5) is 5.13 Å². The third-order valence-corrected chi connectivity index (χ3v) is 7.63. The fourth-order valence-corrected chi connectivity index (χ4v) is 5.37. The van der Waals surface area contributed by atoms with Gasteiger partial charge >= 0.3 is 10.4 Å². The molecule has 3 heterocycles. The monoisotopic (exact) mass is 659 g/mol. The number of β-lactam (4-membered cyclic amide) rings is 1. The molecule has 0 radical (unpaired) electrons. The Hall–Kier alpha value is -3.29. The number of ketones is 1. The first-order valence-electron chi connectivity index (χ1n) is 12.6. The largest absolute Gasteiger partial charge is 0.490 e. The van der Waals surface area contributed by atoms with Gasteiger partial charge in [-0.05, 0) is 38.1 Å². The van der Waals surface area contributed by atoms with Crippen molar-refractivity contribution in [1.29, 1.82) is 5.41 Å². The molecular formula is C25H37N7O8S3. The van der Waals surface area contributed by atoms with Gasteiger partial charge in [0.15, 0.2) is 23.2 Å². The summed E-state index contributed by atoms with van der Waals surface area (Å²) in [4.78, 5) is 37.0. The highest BCUT2D eigenvalue weighted by molar-refractivity contribution is 7.80. The summed E-state index contributed by atoms with van der Waals surface area (Å²) in [7, 11) is -4.92. The maximum Gasteiger partial charge on any atom is 0.418 e. The molecule has 0 bridgehead atoms. The molecule has 2 saturated heterocycles. The Labute approximate surface area is 261 Å². The Balaban J connectivity index is 0.00000323. The van der Waals surface area contributed by atoms with Crippen LogP contribution in [0, 0.1) is 11.3 Å². The molecule has 2 aromatic rings. The van der Waals surface area contributed by atoms with Gasteiger partial charge in [0, 0.05) is 43.5 Å². The van der Waals surface area contributed by atoms with E-state index in [1.165, 1.54) is 19.2 Å². The Bertz CT molecular complexity index is 1420. The van der Waals surface area contributed by atoms with Crippen molar-refractivity contribution < 1.29 is 36.4 Å². The minimum Gasteiger partial charge on any atom is -0.490 e. The molecule has 0 saturated carbocycles. The summed E-state index contributed by atoms with van der Waals surface area (Å²) >= 11 is 1.09. The van der Waals surface area contributed by atoms with Crippen LogP contribution in [0.2, 0.25) is 0 Å². The summed E-state index contributed by atoms with van der Waals surface area (Å²) in [5, 5.41) is 17.8. The van der Waals surface area contributed by atoms with E-state index in [2.05, 4.69) is 19.7 Å². The van der Waals surface area contributed by atoms with Crippen LogP contribution in [0.5, 0.6) is 5.75 Å². The number of carbonyl (C=O) groups is 2. The number of nitrogens with zero attached hydrogens (tertiary/aromatic N) is 4. The summed E-state index contributed by atoms with van der Waals surface area (Å²) in [6.07, 6.45) is -0.345. The minimum absolute atomic E-state index is 0. The lowest BCUT2D eigenvalue weighted by molar-refractivity contribution is -0.228. The minimum atomic E-state index is -4.92. The van der Waals surface area contributed by atoms with Crippen LogP contribution < -0.4 is 15.8 Å². The molecule has 1 aromatic heterocycles. The van der Waals surface area contributed by atoms with E-state index in [0.29, 0.717) is 16.6 Å². The molecular weight excluding hydrogens is 623 g/mol. The molecule has 1 atom stereocenters. The van der Waals surface area contributed by atoms with Gasteiger partial charge in [-0.25, -0.2) is 4.98 Å². The molecule has 2 fully saturated rings. The number of amides is 1. The lowest BCUT2D eigenvalue weighted by Crippen LogP contribution is -2.68. The van der Waals surface area contributed by atoms with Crippen molar-refractivity contribution in [2.75, 3.05) is 45.1 Å². The molecule has 238 valence electrons. The number of carbonyl (C=O) groups excluding carboxylic acids is 2. The number of ether oxygens (including phenoxy) is 1. The van der Waals surface area contributed by atoms with E-state index in [9.17, 15) is 18.0 Å². The van der Waals surface area contributed by atoms with E-state index >= 15 is 0 Å². The predicted octanol–water partition coefficient (Wildman–Crippen LogP) is 1.44. The molecule has 43 heavy (non-hydrogen) atoms. The van der Waals surface area contributed by atoms with Crippen molar-refractivity contribution in [1.82, 2.24) is 20.3 Å². The van der Waals surface area contributed by atoms with Gasteiger partial charge in [0.05, 0.1) is 11.5 Å². The van der Waals surface area contributed by atoms with Gasteiger partial charge in [0.25, 0.3) is 5.91 Å². The smallest absolute Gasteiger partial charge is 0.418 e. The van der Waals surface area contributed by atoms with Gasteiger partial charge in [-0.2, -0.15) is 27.0 Å². The highest BCUT2D eigenvalue weighted by atomic mass is 32.3. The maximum atomic E-state index is 13.1. The first kappa shape index (κ1) is 35.9. The molecule has 1 unspecified atom stereocenters.